The first kappa shape index (κ1) is 13.8. The Bertz CT molecular complexity index is 807. The third-order valence-corrected chi connectivity index (χ3v) is 3.84. The maximum absolute atomic E-state index is 13.0. The summed E-state index contributed by atoms with van der Waals surface area (Å²) in [7, 11) is -2.48. The highest BCUT2D eigenvalue weighted by Gasteiger charge is 2.22. The number of sulfonamides is 1. The summed E-state index contributed by atoms with van der Waals surface area (Å²) in [5, 5.41) is 12.6. The van der Waals surface area contributed by atoms with Crippen LogP contribution in [0.2, 0.25) is 0 Å². The van der Waals surface area contributed by atoms with E-state index in [1.165, 1.54) is 17.9 Å². The van der Waals surface area contributed by atoms with Crippen molar-refractivity contribution >= 4 is 21.5 Å². The molecular formula is C11H10FN5O2S. The zero-order valence-electron chi connectivity index (χ0n) is 10.3. The van der Waals surface area contributed by atoms with Gasteiger partial charge in [-0.1, -0.05) is 0 Å². The second-order valence-corrected chi connectivity index (χ2v) is 5.61. The standard InChI is InChI=1S/C11H10FN5O2S/c1-17-6-10(11(14)15-17)20(18,19)16-9-3-2-8(12)4-7(9)5-13/h2-4,6,16H,1H3,(H2,14,15). The van der Waals surface area contributed by atoms with Crippen molar-refractivity contribution in [3.05, 3.63) is 35.8 Å². The molecule has 0 aliphatic rings. The number of hydrogen-bond acceptors (Lipinski definition) is 5. The van der Waals surface area contributed by atoms with E-state index in [-0.39, 0.29) is 22.0 Å². The van der Waals surface area contributed by atoms with Gasteiger partial charge in [0.25, 0.3) is 10.0 Å². The fraction of sp³-hybridized carbons (Fsp3) is 0.0909. The molecule has 0 atom stereocenters. The summed E-state index contributed by atoms with van der Waals surface area (Å²) in [6.07, 6.45) is 1.23. The van der Waals surface area contributed by atoms with Crippen molar-refractivity contribution in [3.63, 3.8) is 0 Å². The summed E-state index contributed by atoms with van der Waals surface area (Å²) in [4.78, 5) is -0.215. The Hall–Kier alpha value is -2.60. The summed E-state index contributed by atoms with van der Waals surface area (Å²) >= 11 is 0. The second kappa shape index (κ2) is 4.82. The first-order chi connectivity index (χ1) is 9.33. The maximum Gasteiger partial charge on any atom is 0.267 e. The molecule has 2 rings (SSSR count). The van der Waals surface area contributed by atoms with Crippen LogP contribution in [0.1, 0.15) is 5.56 Å². The van der Waals surface area contributed by atoms with Gasteiger partial charge < -0.3 is 5.73 Å². The Morgan fingerprint density at radius 1 is 1.50 bits per heavy atom. The largest absolute Gasteiger partial charge is 0.381 e. The van der Waals surface area contributed by atoms with E-state index in [4.69, 9.17) is 11.0 Å². The lowest BCUT2D eigenvalue weighted by atomic mass is 10.2. The molecule has 0 unspecified atom stereocenters. The van der Waals surface area contributed by atoms with Crippen molar-refractivity contribution in [2.45, 2.75) is 4.90 Å². The molecule has 0 saturated carbocycles. The van der Waals surface area contributed by atoms with Gasteiger partial charge in [0.2, 0.25) is 0 Å². The average molecular weight is 295 g/mol. The monoisotopic (exact) mass is 295 g/mol. The van der Waals surface area contributed by atoms with Gasteiger partial charge in [0, 0.05) is 13.2 Å². The number of aromatic nitrogens is 2. The topological polar surface area (TPSA) is 114 Å². The third-order valence-electron chi connectivity index (χ3n) is 2.46. The zero-order valence-corrected chi connectivity index (χ0v) is 11.1. The first-order valence-corrected chi connectivity index (χ1v) is 6.83. The molecule has 0 spiro atoms. The number of hydrogen-bond donors (Lipinski definition) is 2. The van der Waals surface area contributed by atoms with Gasteiger partial charge in [-0.05, 0) is 18.2 Å². The van der Waals surface area contributed by atoms with Gasteiger partial charge in [-0.25, -0.2) is 12.8 Å². The smallest absolute Gasteiger partial charge is 0.267 e. The van der Waals surface area contributed by atoms with Crippen molar-refractivity contribution in [2.24, 2.45) is 7.05 Å². The van der Waals surface area contributed by atoms with Crippen LogP contribution in [0.5, 0.6) is 0 Å². The number of nitrogens with one attached hydrogen (secondary N) is 1. The molecule has 0 radical (unpaired) electrons. The summed E-state index contributed by atoms with van der Waals surface area (Å²) in [6, 6.07) is 4.86. The molecule has 3 N–H and O–H groups in total. The van der Waals surface area contributed by atoms with E-state index in [1.54, 1.807) is 6.07 Å². The van der Waals surface area contributed by atoms with Crippen LogP contribution in [0.15, 0.2) is 29.3 Å². The van der Waals surface area contributed by atoms with Gasteiger partial charge in [-0.15, -0.1) is 0 Å². The quantitative estimate of drug-likeness (QED) is 0.870. The van der Waals surface area contributed by atoms with E-state index in [0.29, 0.717) is 0 Å². The molecule has 104 valence electrons. The lowest BCUT2D eigenvalue weighted by molar-refractivity contribution is 0.601. The highest BCUT2D eigenvalue weighted by atomic mass is 32.2. The van der Waals surface area contributed by atoms with Crippen LogP contribution < -0.4 is 10.5 Å². The minimum absolute atomic E-state index is 0.0304. The molecule has 20 heavy (non-hydrogen) atoms. The molecule has 0 aliphatic heterocycles. The molecule has 9 heteroatoms. The Morgan fingerprint density at radius 3 is 2.75 bits per heavy atom. The number of benzene rings is 1. The molecule has 2 aromatic rings. The molecule has 0 bridgehead atoms. The molecule has 1 aromatic heterocycles. The number of aryl methyl sites for hydroxylation is 1. The highest BCUT2D eigenvalue weighted by Crippen LogP contribution is 2.23. The van der Waals surface area contributed by atoms with Crippen LogP contribution in [0.3, 0.4) is 0 Å². The van der Waals surface area contributed by atoms with E-state index < -0.39 is 15.8 Å². The normalized spacial score (nSPS) is 11.1. The van der Waals surface area contributed by atoms with Crippen molar-refractivity contribution in [1.82, 2.24) is 9.78 Å². The molecule has 7 nitrogen and oxygen atoms in total. The first-order valence-electron chi connectivity index (χ1n) is 5.35. The number of nitrogens with zero attached hydrogens (tertiary/aromatic N) is 3. The van der Waals surface area contributed by atoms with Gasteiger partial charge >= 0.3 is 0 Å². The van der Waals surface area contributed by atoms with E-state index in [9.17, 15) is 12.8 Å². The predicted octanol–water partition coefficient (Wildman–Crippen LogP) is 0.814. The van der Waals surface area contributed by atoms with Crippen LogP contribution >= 0.6 is 0 Å². The van der Waals surface area contributed by atoms with Crippen molar-refractivity contribution < 1.29 is 12.8 Å². The minimum atomic E-state index is -4.00. The van der Waals surface area contributed by atoms with Gasteiger partial charge in [-0.2, -0.15) is 10.4 Å². The van der Waals surface area contributed by atoms with Crippen molar-refractivity contribution in [2.75, 3.05) is 10.5 Å². The van der Waals surface area contributed by atoms with Crippen molar-refractivity contribution in [3.8, 4) is 6.07 Å². The Morgan fingerprint density at radius 2 is 2.20 bits per heavy atom. The molecular weight excluding hydrogens is 285 g/mol. The van der Waals surface area contributed by atoms with E-state index >= 15 is 0 Å². The van der Waals surface area contributed by atoms with Gasteiger partial charge in [0.15, 0.2) is 5.82 Å². The molecule has 1 heterocycles. The summed E-state index contributed by atoms with van der Waals surface area (Å²) in [5.41, 5.74) is 5.34. The van der Waals surface area contributed by atoms with E-state index in [0.717, 1.165) is 18.2 Å². The lowest BCUT2D eigenvalue weighted by Gasteiger charge is -2.08. The SMILES string of the molecule is Cn1cc(S(=O)(=O)Nc2ccc(F)cc2C#N)c(N)n1. The molecule has 0 fully saturated rings. The fourth-order valence-electron chi connectivity index (χ4n) is 1.59. The van der Waals surface area contributed by atoms with E-state index in [1.807, 2.05) is 0 Å². The van der Waals surface area contributed by atoms with Crippen LogP contribution in [0.4, 0.5) is 15.9 Å². The summed E-state index contributed by atoms with van der Waals surface area (Å²) in [6.45, 7) is 0. The number of halogens is 1. The maximum atomic E-state index is 13.0. The highest BCUT2D eigenvalue weighted by molar-refractivity contribution is 7.92. The summed E-state index contributed by atoms with van der Waals surface area (Å²) < 4.78 is 40.7. The number of nitriles is 1. The minimum Gasteiger partial charge on any atom is -0.381 e. The molecule has 1 aromatic carbocycles. The number of anilines is 2. The number of nitrogen functional groups attached to an aromatic ring is 1. The Kier molecular flexibility index (Phi) is 3.33. The fourth-order valence-corrected chi connectivity index (χ4v) is 2.77. The van der Waals surface area contributed by atoms with Crippen LogP contribution in [0.25, 0.3) is 0 Å². The number of rotatable bonds is 3. The average Bonchev–Trinajstić information content (AvgIpc) is 2.71. The van der Waals surface area contributed by atoms with E-state index in [2.05, 4.69) is 9.82 Å². The summed E-state index contributed by atoms with van der Waals surface area (Å²) in [5.74, 6) is -0.800. The van der Waals surface area contributed by atoms with Gasteiger partial charge in [-0.3, -0.25) is 9.40 Å². The number of nitrogens with two attached hydrogens (primary N) is 1. The second-order valence-electron chi connectivity index (χ2n) is 3.96. The lowest BCUT2D eigenvalue weighted by Crippen LogP contribution is -2.14. The van der Waals surface area contributed by atoms with Crippen molar-refractivity contribution in [1.29, 1.82) is 5.26 Å². The van der Waals surface area contributed by atoms with Gasteiger partial charge in [0.1, 0.15) is 16.8 Å². The van der Waals surface area contributed by atoms with Crippen LogP contribution in [0, 0.1) is 17.1 Å². The van der Waals surface area contributed by atoms with Gasteiger partial charge in [0.05, 0.1) is 11.3 Å². The Balaban J connectivity index is 2.44. The molecule has 0 aliphatic carbocycles. The Labute approximate surface area is 114 Å². The molecule has 0 amide bonds. The zero-order chi connectivity index (χ0) is 14.9. The van der Waals surface area contributed by atoms with Crippen LogP contribution in [-0.4, -0.2) is 18.2 Å². The predicted molar refractivity (Wildman–Crippen MR) is 69.5 cm³/mol. The molecule has 0 saturated heterocycles. The third kappa shape index (κ3) is 2.55. The van der Waals surface area contributed by atoms with Crippen LogP contribution in [-0.2, 0) is 17.1 Å².